The molecule has 0 aliphatic heterocycles. The first-order valence-electron chi connectivity index (χ1n) is 8.06. The van der Waals surface area contributed by atoms with E-state index in [1.807, 2.05) is 24.3 Å². The Labute approximate surface area is 150 Å². The average Bonchev–Trinajstić information content (AvgIpc) is 2.47. The van der Waals surface area contributed by atoms with Crippen molar-refractivity contribution < 1.29 is 22.7 Å². The molecule has 1 aromatic rings. The molecule has 0 spiro atoms. The molecule has 0 aromatic heterocycles. The van der Waals surface area contributed by atoms with Crippen LogP contribution < -0.4 is 10.1 Å². The highest BCUT2D eigenvalue weighted by Gasteiger charge is 2.19. The number of alkyl carbamates (subject to hydrolysis) is 1. The summed E-state index contributed by atoms with van der Waals surface area (Å²) in [7, 11) is -1.79. The Morgan fingerprint density at radius 3 is 2.48 bits per heavy atom. The highest BCUT2D eigenvalue weighted by Crippen LogP contribution is 2.14. The van der Waals surface area contributed by atoms with Gasteiger partial charge in [0.05, 0.1) is 13.4 Å². The van der Waals surface area contributed by atoms with E-state index in [2.05, 4.69) is 5.32 Å². The lowest BCUT2D eigenvalue weighted by molar-refractivity contribution is 0.0525. The van der Waals surface area contributed by atoms with Gasteiger partial charge < -0.3 is 14.8 Å². The van der Waals surface area contributed by atoms with Gasteiger partial charge in [-0.25, -0.2) is 17.5 Å². The van der Waals surface area contributed by atoms with Crippen LogP contribution in [0.5, 0.6) is 5.75 Å². The molecule has 142 valence electrons. The van der Waals surface area contributed by atoms with Crippen molar-refractivity contribution in [3.8, 4) is 5.75 Å². The molecule has 0 aliphatic carbocycles. The van der Waals surface area contributed by atoms with E-state index in [4.69, 9.17) is 9.47 Å². The predicted octanol–water partition coefficient (Wildman–Crippen LogP) is 2.02. The molecule has 0 aliphatic rings. The fourth-order valence-electron chi connectivity index (χ4n) is 2.12. The number of carbonyl (C=O) groups is 1. The van der Waals surface area contributed by atoms with Gasteiger partial charge in [0.1, 0.15) is 11.4 Å². The van der Waals surface area contributed by atoms with Gasteiger partial charge in [0.2, 0.25) is 10.0 Å². The number of rotatable bonds is 8. The second-order valence-corrected chi connectivity index (χ2v) is 8.67. The number of sulfonamides is 1. The Kier molecular flexibility index (Phi) is 7.69. The number of hydrogen-bond acceptors (Lipinski definition) is 5. The maximum Gasteiger partial charge on any atom is 0.407 e. The third kappa shape index (κ3) is 8.74. The van der Waals surface area contributed by atoms with Gasteiger partial charge in [0.25, 0.3) is 0 Å². The van der Waals surface area contributed by atoms with Crippen molar-refractivity contribution in [1.29, 1.82) is 0 Å². The Morgan fingerprint density at radius 2 is 1.92 bits per heavy atom. The van der Waals surface area contributed by atoms with Crippen LogP contribution in [0.15, 0.2) is 24.3 Å². The number of carbonyl (C=O) groups excluding carboxylic acids is 1. The molecule has 1 rings (SSSR count). The van der Waals surface area contributed by atoms with Gasteiger partial charge in [-0.2, -0.15) is 0 Å². The number of benzene rings is 1. The number of amides is 1. The van der Waals surface area contributed by atoms with Gasteiger partial charge in [0, 0.05) is 19.6 Å². The van der Waals surface area contributed by atoms with Crippen LogP contribution in [0.3, 0.4) is 0 Å². The van der Waals surface area contributed by atoms with E-state index in [0.717, 1.165) is 17.6 Å². The molecule has 1 N–H and O–H groups in total. The van der Waals surface area contributed by atoms with Crippen LogP contribution in [0.25, 0.3) is 0 Å². The van der Waals surface area contributed by atoms with Crippen LogP contribution in [0.2, 0.25) is 0 Å². The molecule has 0 bridgehead atoms. The maximum atomic E-state index is 11.9. The number of ether oxygens (including phenoxy) is 2. The monoisotopic (exact) mass is 372 g/mol. The van der Waals surface area contributed by atoms with Gasteiger partial charge in [-0.3, -0.25) is 0 Å². The molecule has 0 fully saturated rings. The van der Waals surface area contributed by atoms with Gasteiger partial charge >= 0.3 is 6.09 Å². The number of nitrogens with zero attached hydrogens (tertiary/aromatic N) is 1. The predicted molar refractivity (Wildman–Crippen MR) is 97.4 cm³/mol. The van der Waals surface area contributed by atoms with Crippen molar-refractivity contribution in [2.24, 2.45) is 0 Å². The molecule has 0 atom stereocenters. The molecule has 1 aromatic carbocycles. The zero-order chi connectivity index (χ0) is 19.1. The fraction of sp³-hybridized carbons (Fsp3) is 0.588. The van der Waals surface area contributed by atoms with Crippen LogP contribution in [0.4, 0.5) is 4.79 Å². The number of nitrogens with one attached hydrogen (secondary N) is 1. The molecule has 0 saturated carbocycles. The van der Waals surface area contributed by atoms with Crippen LogP contribution >= 0.6 is 0 Å². The Balaban J connectivity index is 2.56. The Hall–Kier alpha value is -1.80. The molecule has 8 heteroatoms. The molecule has 0 heterocycles. The van der Waals surface area contributed by atoms with Gasteiger partial charge in [-0.15, -0.1) is 0 Å². The lowest BCUT2D eigenvalue weighted by atomic mass is 10.1. The minimum atomic E-state index is -3.37. The lowest BCUT2D eigenvalue weighted by Gasteiger charge is -2.22. The molecule has 0 unspecified atom stereocenters. The maximum absolute atomic E-state index is 11.9. The van der Waals surface area contributed by atoms with Gasteiger partial charge in [0.15, 0.2) is 0 Å². The summed E-state index contributed by atoms with van der Waals surface area (Å²) in [4.78, 5) is 11.6. The summed E-state index contributed by atoms with van der Waals surface area (Å²) in [5.41, 5.74) is 0.389. The SMILES string of the molecule is COc1cccc(CCN(CCNC(=O)OC(C)(C)C)S(C)(=O)=O)c1. The molecule has 0 radical (unpaired) electrons. The van der Waals surface area contributed by atoms with E-state index in [1.165, 1.54) is 4.31 Å². The summed E-state index contributed by atoms with van der Waals surface area (Å²) in [5.74, 6) is 0.731. The van der Waals surface area contributed by atoms with Gasteiger partial charge in [-0.1, -0.05) is 12.1 Å². The normalized spacial score (nSPS) is 12.1. The smallest absolute Gasteiger partial charge is 0.407 e. The van der Waals surface area contributed by atoms with Crippen molar-refractivity contribution in [2.45, 2.75) is 32.8 Å². The zero-order valence-corrected chi connectivity index (χ0v) is 16.4. The minimum absolute atomic E-state index is 0.181. The summed E-state index contributed by atoms with van der Waals surface area (Å²) in [6.07, 6.45) is 1.15. The summed E-state index contributed by atoms with van der Waals surface area (Å²) < 4.78 is 35.5. The van der Waals surface area contributed by atoms with E-state index in [1.54, 1.807) is 27.9 Å². The highest BCUT2D eigenvalue weighted by atomic mass is 32.2. The summed E-state index contributed by atoms with van der Waals surface area (Å²) in [6, 6.07) is 7.49. The van der Waals surface area contributed by atoms with E-state index in [9.17, 15) is 13.2 Å². The zero-order valence-electron chi connectivity index (χ0n) is 15.5. The van der Waals surface area contributed by atoms with E-state index < -0.39 is 21.7 Å². The average molecular weight is 372 g/mol. The summed E-state index contributed by atoms with van der Waals surface area (Å²) in [6.45, 7) is 5.99. The Morgan fingerprint density at radius 1 is 1.24 bits per heavy atom. The van der Waals surface area contributed by atoms with Crippen LogP contribution in [0.1, 0.15) is 26.3 Å². The Bertz CT molecular complexity index is 668. The molecular weight excluding hydrogens is 344 g/mol. The molecule has 1 amide bonds. The highest BCUT2D eigenvalue weighted by molar-refractivity contribution is 7.88. The third-order valence-electron chi connectivity index (χ3n) is 3.28. The van der Waals surface area contributed by atoms with E-state index in [0.29, 0.717) is 13.0 Å². The molecule has 0 saturated heterocycles. The van der Waals surface area contributed by atoms with Crippen LogP contribution in [0, 0.1) is 0 Å². The molecule has 25 heavy (non-hydrogen) atoms. The molecule has 7 nitrogen and oxygen atoms in total. The van der Waals surface area contributed by atoms with Crippen molar-refractivity contribution in [1.82, 2.24) is 9.62 Å². The number of hydrogen-bond donors (Lipinski definition) is 1. The van der Waals surface area contributed by atoms with E-state index in [-0.39, 0.29) is 13.1 Å². The van der Waals surface area contributed by atoms with Crippen molar-refractivity contribution in [3.05, 3.63) is 29.8 Å². The molecular formula is C17H28N2O5S. The topological polar surface area (TPSA) is 84.9 Å². The van der Waals surface area contributed by atoms with Crippen LogP contribution in [-0.4, -0.2) is 57.4 Å². The second kappa shape index (κ2) is 9.05. The lowest BCUT2D eigenvalue weighted by Crippen LogP contribution is -2.40. The third-order valence-corrected chi connectivity index (χ3v) is 4.59. The summed E-state index contributed by atoms with van der Waals surface area (Å²) >= 11 is 0. The minimum Gasteiger partial charge on any atom is -0.497 e. The first-order valence-corrected chi connectivity index (χ1v) is 9.91. The van der Waals surface area contributed by atoms with Crippen molar-refractivity contribution >= 4 is 16.1 Å². The standard InChI is InChI=1S/C17H28N2O5S/c1-17(2,3)24-16(20)18-10-12-19(25(5,21)22)11-9-14-7-6-8-15(13-14)23-4/h6-8,13H,9-12H2,1-5H3,(H,18,20). The summed E-state index contributed by atoms with van der Waals surface area (Å²) in [5, 5.41) is 2.57. The van der Waals surface area contributed by atoms with Crippen molar-refractivity contribution in [2.75, 3.05) is 33.0 Å². The first kappa shape index (κ1) is 21.2. The first-order chi connectivity index (χ1) is 11.5. The number of methoxy groups -OCH3 is 1. The largest absolute Gasteiger partial charge is 0.497 e. The van der Waals surface area contributed by atoms with E-state index >= 15 is 0 Å². The van der Waals surface area contributed by atoms with Crippen molar-refractivity contribution in [3.63, 3.8) is 0 Å². The second-order valence-electron chi connectivity index (χ2n) is 6.69. The van der Waals surface area contributed by atoms with Gasteiger partial charge in [-0.05, 0) is 44.9 Å². The fourth-order valence-corrected chi connectivity index (χ4v) is 2.97. The van der Waals surface area contributed by atoms with Crippen LogP contribution in [-0.2, 0) is 21.2 Å². The quantitative estimate of drug-likeness (QED) is 0.755.